The molecule has 2 rings (SSSR count). The molecule has 2 aromatic rings. The van der Waals surface area contributed by atoms with E-state index in [-0.39, 0.29) is 0 Å². The minimum Gasteiger partial charge on any atom is -0.0501 e. The zero-order valence-electron chi connectivity index (χ0n) is 7.42. The maximum absolute atomic E-state index is 3.59. The first kappa shape index (κ1) is 14.0. The molecule has 0 atom stereocenters. The molecule has 16 heavy (non-hydrogen) atoms. The molecule has 0 unspecified atom stereocenters. The van der Waals surface area contributed by atoms with Gasteiger partial charge >= 0.3 is 0 Å². The van der Waals surface area contributed by atoms with Crippen molar-refractivity contribution >= 4 is 106 Å². The van der Waals surface area contributed by atoms with Crippen molar-refractivity contribution < 1.29 is 0 Å². The maximum Gasteiger partial charge on any atom is 0.0408 e. The summed E-state index contributed by atoms with van der Waals surface area (Å²) in [5.41, 5.74) is 0. The van der Waals surface area contributed by atoms with Crippen molar-refractivity contribution in [2.24, 2.45) is 0 Å². The average Bonchev–Trinajstić information content (AvgIpc) is 2.20. The number of rotatable bonds is 0. The molecule has 0 aliphatic rings. The van der Waals surface area contributed by atoms with Gasteiger partial charge in [-0.15, -0.1) is 0 Å². The maximum atomic E-state index is 3.59. The number of fused-ring (bicyclic) bond motifs is 1. The van der Waals surface area contributed by atoms with Crippen LogP contribution in [-0.4, -0.2) is 0 Å². The van der Waals surface area contributed by atoms with E-state index in [1.54, 1.807) is 0 Å². The SMILES string of the molecule is Brc1cc(Br)c2c(Br)c(Br)cc(Br)c2c1Br. The van der Waals surface area contributed by atoms with E-state index >= 15 is 0 Å². The van der Waals surface area contributed by atoms with Crippen LogP contribution in [0.25, 0.3) is 10.8 Å². The average molecular weight is 602 g/mol. The van der Waals surface area contributed by atoms with E-state index < -0.39 is 0 Å². The molecule has 0 aliphatic carbocycles. The number of hydrogen-bond acceptors (Lipinski definition) is 0. The minimum absolute atomic E-state index is 1.02. The zero-order valence-corrected chi connectivity index (χ0v) is 16.9. The summed E-state index contributed by atoms with van der Waals surface area (Å²) < 4.78 is 6.16. The molecule has 84 valence electrons. The van der Waals surface area contributed by atoms with E-state index in [0.29, 0.717) is 0 Å². The van der Waals surface area contributed by atoms with Crippen LogP contribution in [-0.2, 0) is 0 Å². The lowest BCUT2D eigenvalue weighted by molar-refractivity contribution is 1.55. The molecule has 0 heterocycles. The van der Waals surface area contributed by atoms with E-state index in [4.69, 9.17) is 0 Å². The predicted molar refractivity (Wildman–Crippen MR) is 90.1 cm³/mol. The van der Waals surface area contributed by atoms with Gasteiger partial charge in [-0.05, 0) is 75.9 Å². The fraction of sp³-hybridized carbons (Fsp3) is 0. The first-order chi connectivity index (χ1) is 7.43. The highest BCUT2D eigenvalue weighted by atomic mass is 79.9. The van der Waals surface area contributed by atoms with Gasteiger partial charge in [0.05, 0.1) is 0 Å². The van der Waals surface area contributed by atoms with Crippen molar-refractivity contribution in [2.45, 2.75) is 0 Å². The van der Waals surface area contributed by atoms with Crippen molar-refractivity contribution in [1.29, 1.82) is 0 Å². The predicted octanol–water partition coefficient (Wildman–Crippen LogP) is 7.41. The lowest BCUT2D eigenvalue weighted by atomic mass is 10.1. The Balaban J connectivity index is 3.11. The van der Waals surface area contributed by atoms with Crippen LogP contribution in [0.3, 0.4) is 0 Å². The van der Waals surface area contributed by atoms with Gasteiger partial charge < -0.3 is 0 Å². The van der Waals surface area contributed by atoms with Gasteiger partial charge in [-0.3, -0.25) is 0 Å². The van der Waals surface area contributed by atoms with E-state index in [9.17, 15) is 0 Å². The molecule has 0 amide bonds. The van der Waals surface area contributed by atoms with Gasteiger partial charge in [-0.2, -0.15) is 0 Å². The van der Waals surface area contributed by atoms with Gasteiger partial charge in [0, 0.05) is 37.6 Å². The van der Waals surface area contributed by atoms with Gasteiger partial charge in [-0.1, -0.05) is 31.9 Å². The van der Waals surface area contributed by atoms with Crippen LogP contribution < -0.4 is 0 Å². The zero-order chi connectivity index (χ0) is 12.0. The van der Waals surface area contributed by atoms with Gasteiger partial charge in [0.2, 0.25) is 0 Å². The highest BCUT2D eigenvalue weighted by Gasteiger charge is 2.15. The summed E-state index contributed by atoms with van der Waals surface area (Å²) in [6.45, 7) is 0. The summed E-state index contributed by atoms with van der Waals surface area (Å²) in [5, 5.41) is 2.24. The van der Waals surface area contributed by atoms with E-state index in [1.165, 1.54) is 0 Å². The van der Waals surface area contributed by atoms with Crippen molar-refractivity contribution in [3.63, 3.8) is 0 Å². The molecule has 2 aromatic carbocycles. The highest BCUT2D eigenvalue weighted by Crippen LogP contribution is 2.45. The summed E-state index contributed by atoms with van der Waals surface area (Å²) in [6.07, 6.45) is 0. The van der Waals surface area contributed by atoms with Crippen LogP contribution in [0, 0.1) is 0 Å². The largest absolute Gasteiger partial charge is 0.0501 e. The Kier molecular flexibility index (Phi) is 4.63. The molecule has 0 saturated heterocycles. The fourth-order valence-electron chi connectivity index (χ4n) is 1.40. The Morgan fingerprint density at radius 3 is 1.12 bits per heavy atom. The first-order valence-corrected chi connectivity index (χ1v) is 8.80. The lowest BCUT2D eigenvalue weighted by Gasteiger charge is -2.11. The minimum atomic E-state index is 1.02. The van der Waals surface area contributed by atoms with Crippen LogP contribution in [0.5, 0.6) is 0 Å². The Hall–Kier alpha value is 1.58. The van der Waals surface area contributed by atoms with Crippen LogP contribution in [0.4, 0.5) is 0 Å². The van der Waals surface area contributed by atoms with Crippen molar-refractivity contribution in [2.75, 3.05) is 0 Å². The normalized spacial score (nSPS) is 11.1. The standard InChI is InChI=1S/C10H2Br6/c11-3-1-5(13)9(15)8-4(12)2-6(14)10(16)7(3)8/h1-2H. The molecule has 0 bridgehead atoms. The van der Waals surface area contributed by atoms with Crippen LogP contribution in [0.1, 0.15) is 0 Å². The molecule has 0 fully saturated rings. The first-order valence-electron chi connectivity index (χ1n) is 4.04. The van der Waals surface area contributed by atoms with Gasteiger partial charge in [-0.25, -0.2) is 0 Å². The number of hydrogen-bond donors (Lipinski definition) is 0. The Morgan fingerprint density at radius 1 is 0.500 bits per heavy atom. The van der Waals surface area contributed by atoms with E-state index in [1.807, 2.05) is 12.1 Å². The second-order valence-corrected chi connectivity index (χ2v) is 8.06. The molecule has 0 spiro atoms. The van der Waals surface area contributed by atoms with E-state index in [0.717, 1.165) is 37.6 Å². The van der Waals surface area contributed by atoms with Crippen molar-refractivity contribution in [1.82, 2.24) is 0 Å². The molecule has 6 heteroatoms. The fourth-order valence-corrected chi connectivity index (χ4v) is 5.70. The third-order valence-electron chi connectivity index (χ3n) is 2.09. The Bertz CT molecular complexity index is 537. The molecule has 0 aliphatic heterocycles. The van der Waals surface area contributed by atoms with Crippen LogP contribution in [0.2, 0.25) is 0 Å². The second-order valence-electron chi connectivity index (χ2n) is 3.06. The van der Waals surface area contributed by atoms with Crippen LogP contribution >= 0.6 is 95.6 Å². The van der Waals surface area contributed by atoms with Crippen molar-refractivity contribution in [3.8, 4) is 0 Å². The van der Waals surface area contributed by atoms with Gasteiger partial charge in [0.25, 0.3) is 0 Å². The molecular weight excluding hydrogens is 600 g/mol. The quantitative estimate of drug-likeness (QED) is 0.276. The lowest BCUT2D eigenvalue weighted by Crippen LogP contribution is -1.84. The second kappa shape index (κ2) is 5.29. The third-order valence-corrected chi connectivity index (χ3v) is 7.31. The number of halogens is 6. The molecular formula is C10H2Br6. The van der Waals surface area contributed by atoms with Crippen LogP contribution in [0.15, 0.2) is 39.0 Å². The highest BCUT2D eigenvalue weighted by molar-refractivity contribution is 9.14. The Morgan fingerprint density at radius 2 is 0.812 bits per heavy atom. The molecule has 0 N–H and O–H groups in total. The molecule has 0 radical (unpaired) electrons. The summed E-state index contributed by atoms with van der Waals surface area (Å²) in [4.78, 5) is 0. The summed E-state index contributed by atoms with van der Waals surface area (Å²) in [5.74, 6) is 0. The summed E-state index contributed by atoms with van der Waals surface area (Å²) in [6, 6.07) is 4.05. The van der Waals surface area contributed by atoms with Gasteiger partial charge in [0.15, 0.2) is 0 Å². The summed E-state index contributed by atoms with van der Waals surface area (Å²) in [7, 11) is 0. The number of benzene rings is 2. The topological polar surface area (TPSA) is 0 Å². The Labute approximate surface area is 143 Å². The third kappa shape index (κ3) is 2.35. The molecule has 0 aromatic heterocycles. The smallest absolute Gasteiger partial charge is 0.0408 e. The van der Waals surface area contributed by atoms with E-state index in [2.05, 4.69) is 95.6 Å². The monoisotopic (exact) mass is 596 g/mol. The molecule has 0 saturated carbocycles. The summed E-state index contributed by atoms with van der Waals surface area (Å²) >= 11 is 21.4. The molecule has 0 nitrogen and oxygen atoms in total. The van der Waals surface area contributed by atoms with Crippen molar-refractivity contribution in [3.05, 3.63) is 39.0 Å². The van der Waals surface area contributed by atoms with Gasteiger partial charge in [0.1, 0.15) is 0 Å².